The van der Waals surface area contributed by atoms with E-state index in [-0.39, 0.29) is 24.5 Å². The van der Waals surface area contributed by atoms with Crippen LogP contribution in [0.5, 0.6) is 5.75 Å². The fourth-order valence-electron chi connectivity index (χ4n) is 3.72. The molecule has 0 spiro atoms. The summed E-state index contributed by atoms with van der Waals surface area (Å²) in [6.45, 7) is 0. The summed E-state index contributed by atoms with van der Waals surface area (Å²) in [5.41, 5.74) is 1.31. The van der Waals surface area contributed by atoms with Gasteiger partial charge in [0.15, 0.2) is 5.41 Å². The number of benzene rings is 2. The molecular formula is C22H22O5. The summed E-state index contributed by atoms with van der Waals surface area (Å²) >= 11 is 0. The molecule has 0 aliphatic heterocycles. The molecule has 1 unspecified atom stereocenters. The monoisotopic (exact) mass is 366 g/mol. The van der Waals surface area contributed by atoms with Crippen molar-refractivity contribution in [1.82, 2.24) is 0 Å². The van der Waals surface area contributed by atoms with Crippen molar-refractivity contribution in [3.05, 3.63) is 71.3 Å². The van der Waals surface area contributed by atoms with Crippen LogP contribution in [0.15, 0.2) is 54.6 Å². The van der Waals surface area contributed by atoms with Crippen molar-refractivity contribution in [2.24, 2.45) is 5.41 Å². The summed E-state index contributed by atoms with van der Waals surface area (Å²) in [5.74, 6) is -1.31. The quantitative estimate of drug-likeness (QED) is 0.663. The number of carbonyl (C=O) groups excluding carboxylic acids is 2. The summed E-state index contributed by atoms with van der Waals surface area (Å²) < 4.78 is 9.91. The lowest BCUT2D eigenvalue weighted by Crippen LogP contribution is -2.46. The van der Waals surface area contributed by atoms with Gasteiger partial charge in [-0.05, 0) is 41.7 Å². The van der Waals surface area contributed by atoms with Crippen molar-refractivity contribution in [3.63, 3.8) is 0 Å². The van der Waals surface area contributed by atoms with Crippen molar-refractivity contribution >= 4 is 18.0 Å². The van der Waals surface area contributed by atoms with E-state index < -0.39 is 17.4 Å². The van der Waals surface area contributed by atoms with Crippen LogP contribution >= 0.6 is 0 Å². The molecule has 0 fully saturated rings. The Hall–Kier alpha value is -3.08. The molecule has 0 amide bonds. The Kier molecular flexibility index (Phi) is 5.31. The van der Waals surface area contributed by atoms with Gasteiger partial charge in [0.05, 0.1) is 14.2 Å². The number of esters is 2. The Labute approximate surface area is 158 Å². The smallest absolute Gasteiger partial charge is 0.323 e. The van der Waals surface area contributed by atoms with Crippen LogP contribution in [-0.4, -0.2) is 31.3 Å². The van der Waals surface area contributed by atoms with E-state index in [9.17, 15) is 14.7 Å². The molecule has 5 nitrogen and oxygen atoms in total. The number of allylic oxidation sites excluding steroid dienone is 1. The average molecular weight is 366 g/mol. The SMILES string of the molecule is COC(=O)C1(C(=O)OC)Cc2ccc(O)cc2C(/C=C/c2ccccc2)C1. The summed E-state index contributed by atoms with van der Waals surface area (Å²) in [7, 11) is 2.54. The Bertz CT molecular complexity index is 854. The second-order valence-corrected chi connectivity index (χ2v) is 6.71. The minimum absolute atomic E-state index is 0.149. The van der Waals surface area contributed by atoms with E-state index in [1.165, 1.54) is 14.2 Å². The van der Waals surface area contributed by atoms with E-state index in [2.05, 4.69) is 0 Å². The first-order valence-electron chi connectivity index (χ1n) is 8.72. The minimum Gasteiger partial charge on any atom is -0.508 e. The predicted octanol–water partition coefficient (Wildman–Crippen LogP) is 3.47. The Morgan fingerprint density at radius 2 is 1.74 bits per heavy atom. The molecule has 140 valence electrons. The van der Waals surface area contributed by atoms with Crippen LogP contribution in [-0.2, 0) is 25.5 Å². The van der Waals surface area contributed by atoms with Gasteiger partial charge in [-0.2, -0.15) is 0 Å². The molecule has 0 aromatic heterocycles. The van der Waals surface area contributed by atoms with Gasteiger partial charge in [-0.15, -0.1) is 0 Å². The molecule has 0 saturated heterocycles. The molecule has 5 heteroatoms. The van der Waals surface area contributed by atoms with Gasteiger partial charge in [0.25, 0.3) is 0 Å². The second kappa shape index (κ2) is 7.66. The molecule has 1 atom stereocenters. The summed E-state index contributed by atoms with van der Waals surface area (Å²) in [6, 6.07) is 14.7. The molecule has 2 aromatic carbocycles. The zero-order valence-electron chi connectivity index (χ0n) is 15.3. The maximum Gasteiger partial charge on any atom is 0.323 e. The first-order chi connectivity index (χ1) is 13.0. The minimum atomic E-state index is -1.40. The van der Waals surface area contributed by atoms with Gasteiger partial charge < -0.3 is 14.6 Å². The lowest BCUT2D eigenvalue weighted by molar-refractivity contribution is -0.170. The van der Waals surface area contributed by atoms with E-state index in [4.69, 9.17) is 9.47 Å². The van der Waals surface area contributed by atoms with Crippen molar-refractivity contribution in [2.45, 2.75) is 18.8 Å². The largest absolute Gasteiger partial charge is 0.508 e. The molecule has 1 aliphatic carbocycles. The highest BCUT2D eigenvalue weighted by atomic mass is 16.5. The first-order valence-corrected chi connectivity index (χ1v) is 8.72. The topological polar surface area (TPSA) is 72.8 Å². The van der Waals surface area contributed by atoms with Gasteiger partial charge >= 0.3 is 11.9 Å². The molecule has 2 aromatic rings. The van der Waals surface area contributed by atoms with Crippen molar-refractivity contribution in [3.8, 4) is 5.75 Å². The van der Waals surface area contributed by atoms with E-state index in [0.717, 1.165) is 16.7 Å². The van der Waals surface area contributed by atoms with Gasteiger partial charge in [-0.3, -0.25) is 9.59 Å². The number of rotatable bonds is 4. The zero-order valence-corrected chi connectivity index (χ0v) is 15.3. The second-order valence-electron chi connectivity index (χ2n) is 6.71. The molecular weight excluding hydrogens is 344 g/mol. The molecule has 0 radical (unpaired) electrons. The first kappa shape index (κ1) is 18.7. The van der Waals surface area contributed by atoms with Gasteiger partial charge in [0.1, 0.15) is 5.75 Å². The van der Waals surface area contributed by atoms with Gasteiger partial charge in [0, 0.05) is 5.92 Å². The maximum atomic E-state index is 12.6. The predicted molar refractivity (Wildman–Crippen MR) is 101 cm³/mol. The molecule has 0 bridgehead atoms. The normalized spacial score (nSPS) is 17.9. The average Bonchev–Trinajstić information content (AvgIpc) is 2.71. The highest BCUT2D eigenvalue weighted by Crippen LogP contribution is 2.45. The Morgan fingerprint density at radius 3 is 2.37 bits per heavy atom. The number of fused-ring (bicyclic) bond motifs is 1. The van der Waals surface area contributed by atoms with Crippen LogP contribution in [0.3, 0.4) is 0 Å². The molecule has 1 N–H and O–H groups in total. The van der Waals surface area contributed by atoms with Crippen LogP contribution in [0.4, 0.5) is 0 Å². The van der Waals surface area contributed by atoms with Gasteiger partial charge in [-0.25, -0.2) is 0 Å². The number of hydrogen-bond acceptors (Lipinski definition) is 5. The lowest BCUT2D eigenvalue weighted by Gasteiger charge is -2.36. The van der Waals surface area contributed by atoms with Crippen LogP contribution < -0.4 is 0 Å². The van der Waals surface area contributed by atoms with Gasteiger partial charge in [-0.1, -0.05) is 48.6 Å². The third kappa shape index (κ3) is 3.58. The summed E-state index contributed by atoms with van der Waals surface area (Å²) in [6.07, 6.45) is 4.29. The van der Waals surface area contributed by atoms with E-state index in [1.807, 2.05) is 42.5 Å². The Balaban J connectivity index is 2.07. The summed E-state index contributed by atoms with van der Waals surface area (Å²) in [5, 5.41) is 9.92. The van der Waals surface area contributed by atoms with Crippen LogP contribution in [0, 0.1) is 5.41 Å². The Morgan fingerprint density at radius 1 is 1.07 bits per heavy atom. The summed E-state index contributed by atoms with van der Waals surface area (Å²) in [4.78, 5) is 25.2. The highest BCUT2D eigenvalue weighted by Gasteiger charge is 2.52. The fraction of sp³-hybridized carbons (Fsp3) is 0.273. The van der Waals surface area contributed by atoms with Crippen LogP contribution in [0.25, 0.3) is 6.08 Å². The van der Waals surface area contributed by atoms with E-state index in [0.29, 0.717) is 0 Å². The van der Waals surface area contributed by atoms with E-state index >= 15 is 0 Å². The van der Waals surface area contributed by atoms with Crippen molar-refractivity contribution < 1.29 is 24.2 Å². The zero-order chi connectivity index (χ0) is 19.4. The van der Waals surface area contributed by atoms with Gasteiger partial charge in [0.2, 0.25) is 0 Å². The number of aromatic hydroxyl groups is 1. The molecule has 0 saturated carbocycles. The number of phenols is 1. The lowest BCUT2D eigenvalue weighted by atomic mass is 9.66. The van der Waals surface area contributed by atoms with E-state index in [1.54, 1.807) is 18.2 Å². The third-order valence-electron chi connectivity index (χ3n) is 5.06. The molecule has 3 rings (SSSR count). The number of methoxy groups -OCH3 is 2. The fourth-order valence-corrected chi connectivity index (χ4v) is 3.72. The molecule has 0 heterocycles. The molecule has 1 aliphatic rings. The molecule has 27 heavy (non-hydrogen) atoms. The number of phenolic OH excluding ortho intramolecular Hbond substituents is 1. The maximum absolute atomic E-state index is 12.6. The van der Waals surface area contributed by atoms with Crippen molar-refractivity contribution in [1.29, 1.82) is 0 Å². The number of carbonyl (C=O) groups is 2. The van der Waals surface area contributed by atoms with Crippen molar-refractivity contribution in [2.75, 3.05) is 14.2 Å². The highest BCUT2D eigenvalue weighted by molar-refractivity contribution is 6.01. The third-order valence-corrected chi connectivity index (χ3v) is 5.06. The number of hydrogen-bond donors (Lipinski definition) is 1. The number of ether oxygens (including phenoxy) is 2. The van der Waals surface area contributed by atoms with Crippen LogP contribution in [0.2, 0.25) is 0 Å². The standard InChI is InChI=1S/C22H22O5/c1-26-20(24)22(21(25)27-2)13-16(9-8-15-6-4-3-5-7-15)19-12-18(23)11-10-17(19)14-22/h3-12,16,23H,13-14H2,1-2H3/b9-8+. The van der Waals surface area contributed by atoms with Crippen LogP contribution in [0.1, 0.15) is 29.0 Å².